The molecule has 0 atom stereocenters. The van der Waals surface area contributed by atoms with Gasteiger partial charge in [-0.05, 0) is 18.6 Å². The van der Waals surface area contributed by atoms with Crippen molar-refractivity contribution in [1.82, 2.24) is 0 Å². The first-order valence-electron chi connectivity index (χ1n) is 4.70. The highest BCUT2D eigenvalue weighted by Gasteiger charge is 1.99. The number of carbonyl (C=O) groups is 1. The molecule has 0 aliphatic heterocycles. The molecule has 0 saturated carbocycles. The zero-order valence-electron chi connectivity index (χ0n) is 8.02. The maximum absolute atomic E-state index is 10.4. The van der Waals surface area contributed by atoms with Gasteiger partial charge < -0.3 is 5.11 Å². The van der Waals surface area contributed by atoms with E-state index in [4.69, 9.17) is 5.11 Å². The molecule has 0 amide bonds. The minimum atomic E-state index is 0.322. The van der Waals surface area contributed by atoms with Gasteiger partial charge in [0.05, 0.1) is 0 Å². The van der Waals surface area contributed by atoms with Crippen LogP contribution in [0.25, 0.3) is 0 Å². The Morgan fingerprint density at radius 2 is 1.79 bits per heavy atom. The quantitative estimate of drug-likeness (QED) is 0.638. The average Bonchev–Trinajstić information content (AvgIpc) is 2.21. The standard InChI is InChI=1S/C6H8O.C6H6O/c2*7-6-4-2-1-3-5-6/h1-2H,3-5H2;1-5,7H. The zero-order valence-corrected chi connectivity index (χ0v) is 8.02. The van der Waals surface area contributed by atoms with Crippen LogP contribution >= 0.6 is 0 Å². The van der Waals surface area contributed by atoms with Crippen molar-refractivity contribution < 1.29 is 9.90 Å². The normalized spacial score (nSPS) is 14.4. The van der Waals surface area contributed by atoms with E-state index in [0.717, 1.165) is 12.8 Å². The number of benzene rings is 1. The van der Waals surface area contributed by atoms with Crippen molar-refractivity contribution in [2.45, 2.75) is 19.3 Å². The fourth-order valence-corrected chi connectivity index (χ4v) is 1.11. The maximum atomic E-state index is 10.4. The van der Waals surface area contributed by atoms with Crippen molar-refractivity contribution in [1.29, 1.82) is 0 Å². The summed E-state index contributed by atoms with van der Waals surface area (Å²) in [4.78, 5) is 10.4. The van der Waals surface area contributed by atoms with Crippen molar-refractivity contribution in [2.75, 3.05) is 0 Å². The molecule has 2 rings (SSSR count). The molecule has 74 valence electrons. The molecular formula is C12H14O2. The second-order valence-corrected chi connectivity index (χ2v) is 3.09. The van der Waals surface area contributed by atoms with Crippen LogP contribution in [0.15, 0.2) is 42.5 Å². The lowest BCUT2D eigenvalue weighted by molar-refractivity contribution is -0.118. The van der Waals surface area contributed by atoms with E-state index in [2.05, 4.69) is 6.08 Å². The van der Waals surface area contributed by atoms with E-state index < -0.39 is 0 Å². The molecule has 0 saturated heterocycles. The van der Waals surface area contributed by atoms with Gasteiger partial charge in [0.1, 0.15) is 11.5 Å². The van der Waals surface area contributed by atoms with E-state index in [-0.39, 0.29) is 0 Å². The summed E-state index contributed by atoms with van der Waals surface area (Å²) in [6.07, 6.45) is 6.38. The summed E-state index contributed by atoms with van der Waals surface area (Å²) in [5.41, 5.74) is 0. The predicted molar refractivity (Wildman–Crippen MR) is 56.1 cm³/mol. The van der Waals surface area contributed by atoms with Gasteiger partial charge in [-0.2, -0.15) is 0 Å². The molecule has 0 aromatic heterocycles. The Hall–Kier alpha value is -1.57. The molecule has 0 unspecified atom stereocenters. The lowest BCUT2D eigenvalue weighted by Gasteiger charge is -1.97. The van der Waals surface area contributed by atoms with E-state index >= 15 is 0 Å². The minimum Gasteiger partial charge on any atom is -0.508 e. The Balaban J connectivity index is 0.000000140. The van der Waals surface area contributed by atoms with Gasteiger partial charge in [-0.15, -0.1) is 0 Å². The van der Waals surface area contributed by atoms with E-state index in [1.165, 1.54) is 0 Å². The minimum absolute atomic E-state index is 0.322. The van der Waals surface area contributed by atoms with Crippen molar-refractivity contribution in [3.05, 3.63) is 42.5 Å². The number of hydrogen-bond acceptors (Lipinski definition) is 2. The number of Topliss-reactive ketones (excluding diaryl/α,β-unsaturated/α-hetero) is 1. The zero-order chi connectivity index (χ0) is 10.2. The summed E-state index contributed by atoms with van der Waals surface area (Å²) in [7, 11) is 0. The highest BCUT2D eigenvalue weighted by atomic mass is 16.3. The summed E-state index contributed by atoms with van der Waals surface area (Å²) >= 11 is 0. The predicted octanol–water partition coefficient (Wildman–Crippen LogP) is 2.69. The van der Waals surface area contributed by atoms with E-state index in [0.29, 0.717) is 18.0 Å². The Labute approximate surface area is 83.9 Å². The van der Waals surface area contributed by atoms with Gasteiger partial charge in [-0.1, -0.05) is 30.4 Å². The van der Waals surface area contributed by atoms with E-state index in [1.807, 2.05) is 12.1 Å². The molecule has 0 radical (unpaired) electrons. The van der Waals surface area contributed by atoms with Crippen LogP contribution in [0.4, 0.5) is 0 Å². The lowest BCUT2D eigenvalue weighted by atomic mass is 10.1. The van der Waals surface area contributed by atoms with Crippen molar-refractivity contribution in [2.24, 2.45) is 0 Å². The van der Waals surface area contributed by atoms with Crippen LogP contribution in [0, 0.1) is 0 Å². The Morgan fingerprint density at radius 3 is 2.07 bits per heavy atom. The molecule has 1 aliphatic carbocycles. The van der Waals surface area contributed by atoms with Crippen LogP contribution in [0.5, 0.6) is 5.75 Å². The number of carbonyl (C=O) groups excluding carboxylic acids is 1. The van der Waals surface area contributed by atoms with Gasteiger partial charge in [0.25, 0.3) is 0 Å². The first-order chi connectivity index (χ1) is 6.79. The third-order valence-corrected chi connectivity index (χ3v) is 1.86. The van der Waals surface area contributed by atoms with Gasteiger partial charge in [0, 0.05) is 12.8 Å². The number of para-hydroxylation sites is 1. The number of phenols is 1. The molecule has 2 heteroatoms. The first-order valence-corrected chi connectivity index (χ1v) is 4.70. The first kappa shape index (κ1) is 10.5. The number of rotatable bonds is 0. The van der Waals surface area contributed by atoms with Crippen LogP contribution in [0.2, 0.25) is 0 Å². The van der Waals surface area contributed by atoms with Crippen LogP contribution in [0.3, 0.4) is 0 Å². The van der Waals surface area contributed by atoms with Gasteiger partial charge in [0.2, 0.25) is 0 Å². The topological polar surface area (TPSA) is 37.3 Å². The molecule has 1 N–H and O–H groups in total. The summed E-state index contributed by atoms with van der Waals surface area (Å²) < 4.78 is 0. The second kappa shape index (κ2) is 5.97. The Bertz CT molecular complexity index is 301. The van der Waals surface area contributed by atoms with Crippen molar-refractivity contribution in [3.63, 3.8) is 0 Å². The third-order valence-electron chi connectivity index (χ3n) is 1.86. The summed E-state index contributed by atoms with van der Waals surface area (Å²) in [6, 6.07) is 8.71. The number of hydrogen-bond donors (Lipinski definition) is 1. The SMILES string of the molecule is O=C1CC=CCC1.Oc1ccccc1. The Morgan fingerprint density at radius 1 is 1.07 bits per heavy atom. The summed E-state index contributed by atoms with van der Waals surface area (Å²) in [5, 5.41) is 8.63. The molecular weight excluding hydrogens is 176 g/mol. The number of allylic oxidation sites excluding steroid dienone is 2. The van der Waals surface area contributed by atoms with E-state index in [9.17, 15) is 4.79 Å². The van der Waals surface area contributed by atoms with Gasteiger partial charge in [0.15, 0.2) is 0 Å². The van der Waals surface area contributed by atoms with Crippen LogP contribution in [0.1, 0.15) is 19.3 Å². The highest BCUT2D eigenvalue weighted by molar-refractivity contribution is 5.80. The molecule has 14 heavy (non-hydrogen) atoms. The van der Waals surface area contributed by atoms with Gasteiger partial charge in [-0.25, -0.2) is 0 Å². The number of phenolic OH excluding ortho intramolecular Hbond substituents is 1. The molecule has 1 aromatic carbocycles. The third kappa shape index (κ3) is 4.45. The second-order valence-electron chi connectivity index (χ2n) is 3.09. The molecule has 1 aromatic rings. The summed E-state index contributed by atoms with van der Waals surface area (Å²) in [6.45, 7) is 0. The van der Waals surface area contributed by atoms with Crippen LogP contribution < -0.4 is 0 Å². The number of ketones is 1. The highest BCUT2D eigenvalue weighted by Crippen LogP contribution is 2.03. The fourth-order valence-electron chi connectivity index (χ4n) is 1.11. The lowest BCUT2D eigenvalue weighted by Crippen LogP contribution is -1.97. The molecule has 2 nitrogen and oxygen atoms in total. The molecule has 0 fully saturated rings. The smallest absolute Gasteiger partial charge is 0.136 e. The van der Waals surface area contributed by atoms with Crippen molar-refractivity contribution >= 4 is 5.78 Å². The van der Waals surface area contributed by atoms with Gasteiger partial charge >= 0.3 is 0 Å². The van der Waals surface area contributed by atoms with E-state index in [1.54, 1.807) is 24.3 Å². The summed E-state index contributed by atoms with van der Waals surface area (Å²) in [5.74, 6) is 0.699. The monoisotopic (exact) mass is 190 g/mol. The molecule has 1 aliphatic rings. The number of aromatic hydroxyl groups is 1. The Kier molecular flexibility index (Phi) is 4.48. The average molecular weight is 190 g/mol. The van der Waals surface area contributed by atoms with Crippen LogP contribution in [-0.2, 0) is 4.79 Å². The molecule has 0 spiro atoms. The van der Waals surface area contributed by atoms with Crippen molar-refractivity contribution in [3.8, 4) is 5.75 Å². The molecule has 0 heterocycles. The van der Waals surface area contributed by atoms with Gasteiger partial charge in [-0.3, -0.25) is 4.79 Å². The van der Waals surface area contributed by atoms with Crippen LogP contribution in [-0.4, -0.2) is 10.9 Å². The maximum Gasteiger partial charge on any atom is 0.136 e. The largest absolute Gasteiger partial charge is 0.508 e. The fraction of sp³-hybridized carbons (Fsp3) is 0.250. The molecule has 0 bridgehead atoms.